The highest BCUT2D eigenvalue weighted by molar-refractivity contribution is 5.80. The zero-order valence-electron chi connectivity index (χ0n) is 12.5. The molecule has 0 unspecified atom stereocenters. The molecule has 21 heavy (non-hydrogen) atoms. The van der Waals surface area contributed by atoms with E-state index < -0.39 is 0 Å². The summed E-state index contributed by atoms with van der Waals surface area (Å²) in [6, 6.07) is 1.45. The topological polar surface area (TPSA) is 79.8 Å². The number of pyridine rings is 1. The van der Waals surface area contributed by atoms with E-state index in [-0.39, 0.29) is 17.4 Å². The van der Waals surface area contributed by atoms with Crippen LogP contribution in [0.15, 0.2) is 29.5 Å². The van der Waals surface area contributed by atoms with Crippen LogP contribution in [0.1, 0.15) is 36.2 Å². The molecule has 0 saturated heterocycles. The average molecular weight is 288 g/mol. The smallest absolute Gasteiger partial charge is 0.245 e. The Balaban J connectivity index is 2.07. The van der Waals surface area contributed by atoms with Gasteiger partial charge in [-0.1, -0.05) is 6.92 Å². The molecule has 1 amide bonds. The number of amides is 1. The van der Waals surface area contributed by atoms with Crippen LogP contribution in [0.5, 0.6) is 0 Å². The van der Waals surface area contributed by atoms with Gasteiger partial charge in [0.2, 0.25) is 5.91 Å². The van der Waals surface area contributed by atoms with E-state index >= 15 is 0 Å². The van der Waals surface area contributed by atoms with E-state index in [4.69, 9.17) is 0 Å². The first-order valence-corrected chi connectivity index (χ1v) is 6.99. The third-order valence-corrected chi connectivity index (χ3v) is 3.59. The molecule has 0 saturated carbocycles. The number of aromatic nitrogens is 3. The van der Waals surface area contributed by atoms with Crippen molar-refractivity contribution in [3.63, 3.8) is 0 Å². The third-order valence-electron chi connectivity index (χ3n) is 3.59. The van der Waals surface area contributed by atoms with Gasteiger partial charge in [0.25, 0.3) is 0 Å². The van der Waals surface area contributed by atoms with E-state index in [1.165, 1.54) is 0 Å². The van der Waals surface area contributed by atoms with Crippen molar-refractivity contribution >= 4 is 5.91 Å². The van der Waals surface area contributed by atoms with E-state index in [9.17, 15) is 9.59 Å². The van der Waals surface area contributed by atoms with Crippen LogP contribution < -0.4 is 10.7 Å². The Morgan fingerprint density at radius 3 is 2.86 bits per heavy atom. The number of nitrogens with one attached hydrogen (secondary N) is 2. The van der Waals surface area contributed by atoms with Gasteiger partial charge in [-0.25, -0.2) is 0 Å². The number of nitrogens with zero attached hydrogens (tertiary/aromatic N) is 2. The molecule has 2 rings (SSSR count). The lowest BCUT2D eigenvalue weighted by molar-refractivity contribution is -0.124. The Hall–Kier alpha value is -2.37. The highest BCUT2D eigenvalue weighted by Crippen LogP contribution is 2.10. The monoisotopic (exact) mass is 288 g/mol. The summed E-state index contributed by atoms with van der Waals surface area (Å²) in [4.78, 5) is 27.2. The Morgan fingerprint density at radius 2 is 2.24 bits per heavy atom. The quantitative estimate of drug-likeness (QED) is 0.874. The van der Waals surface area contributed by atoms with Crippen molar-refractivity contribution in [1.29, 1.82) is 0 Å². The predicted octanol–water partition coefficient (Wildman–Crippen LogP) is 1.46. The molecule has 0 aliphatic carbocycles. The lowest BCUT2D eigenvalue weighted by Gasteiger charge is -2.16. The van der Waals surface area contributed by atoms with Gasteiger partial charge in [0.05, 0.1) is 6.54 Å². The zero-order valence-corrected chi connectivity index (χ0v) is 12.5. The van der Waals surface area contributed by atoms with Crippen LogP contribution in [0.25, 0.3) is 0 Å². The molecule has 0 aliphatic rings. The number of H-pyrrole nitrogens is 1. The van der Waals surface area contributed by atoms with Crippen molar-refractivity contribution in [3.05, 3.63) is 51.7 Å². The molecule has 0 radical (unpaired) electrons. The molecule has 2 aromatic heterocycles. The van der Waals surface area contributed by atoms with E-state index in [0.29, 0.717) is 24.1 Å². The number of aromatic amines is 1. The minimum Gasteiger partial charge on any atom is -0.363 e. The highest BCUT2D eigenvalue weighted by Gasteiger charge is 2.18. The fraction of sp³-hybridized carbons (Fsp3) is 0.400. The highest BCUT2D eigenvalue weighted by atomic mass is 16.2. The average Bonchev–Trinajstić information content (AvgIpc) is 2.99. The van der Waals surface area contributed by atoms with Crippen molar-refractivity contribution < 1.29 is 4.79 Å². The maximum atomic E-state index is 12.2. The number of carbonyl (C=O) groups excluding carboxylic acids is 1. The van der Waals surface area contributed by atoms with Crippen molar-refractivity contribution in [2.45, 2.75) is 39.8 Å². The molecule has 2 aromatic rings. The Bertz CT molecular complexity index is 673. The fourth-order valence-corrected chi connectivity index (χ4v) is 2.24. The van der Waals surface area contributed by atoms with Gasteiger partial charge in [0.15, 0.2) is 5.43 Å². The summed E-state index contributed by atoms with van der Waals surface area (Å²) in [5.74, 6) is -0.109. The summed E-state index contributed by atoms with van der Waals surface area (Å²) in [5, 5.41) is 6.96. The van der Waals surface area contributed by atoms with Crippen LogP contribution in [-0.2, 0) is 11.3 Å². The molecule has 0 aliphatic heterocycles. The van der Waals surface area contributed by atoms with Gasteiger partial charge in [0.1, 0.15) is 6.04 Å². The summed E-state index contributed by atoms with van der Waals surface area (Å²) in [6.45, 7) is 5.76. The molecule has 2 heterocycles. The van der Waals surface area contributed by atoms with Crippen LogP contribution >= 0.6 is 0 Å². The van der Waals surface area contributed by atoms with Gasteiger partial charge in [-0.15, -0.1) is 0 Å². The zero-order chi connectivity index (χ0) is 15.4. The van der Waals surface area contributed by atoms with Crippen LogP contribution in [0.2, 0.25) is 0 Å². The second-order valence-electron chi connectivity index (χ2n) is 5.03. The summed E-state index contributed by atoms with van der Waals surface area (Å²) in [6.07, 6.45) is 5.74. The number of hydrogen-bond donors (Lipinski definition) is 2. The lowest BCUT2D eigenvalue weighted by Crippen LogP contribution is -2.33. The molecule has 0 aromatic carbocycles. The molecule has 2 N–H and O–H groups in total. The van der Waals surface area contributed by atoms with Crippen molar-refractivity contribution in [2.24, 2.45) is 0 Å². The number of aryl methyl sites for hydroxylation is 1. The Kier molecular flexibility index (Phi) is 4.57. The molecule has 0 fully saturated rings. The van der Waals surface area contributed by atoms with Crippen LogP contribution in [0.4, 0.5) is 0 Å². The van der Waals surface area contributed by atoms with E-state index in [0.717, 1.165) is 5.69 Å². The van der Waals surface area contributed by atoms with Crippen molar-refractivity contribution in [3.8, 4) is 0 Å². The minimum atomic E-state index is -0.336. The third kappa shape index (κ3) is 3.21. The van der Waals surface area contributed by atoms with Gasteiger partial charge in [0, 0.05) is 35.4 Å². The summed E-state index contributed by atoms with van der Waals surface area (Å²) in [7, 11) is 0. The molecular formula is C15H20N4O2. The molecule has 6 heteroatoms. The maximum Gasteiger partial charge on any atom is 0.245 e. The molecule has 0 bridgehead atoms. The molecule has 1 atom stereocenters. The second-order valence-corrected chi connectivity index (χ2v) is 5.03. The molecule has 6 nitrogen and oxygen atoms in total. The Morgan fingerprint density at radius 1 is 1.48 bits per heavy atom. The number of carbonyl (C=O) groups is 1. The van der Waals surface area contributed by atoms with Crippen LogP contribution in [0, 0.1) is 13.8 Å². The van der Waals surface area contributed by atoms with E-state index in [1.807, 2.05) is 6.92 Å². The van der Waals surface area contributed by atoms with Gasteiger partial charge in [-0.05, 0) is 26.3 Å². The number of rotatable bonds is 5. The van der Waals surface area contributed by atoms with Crippen molar-refractivity contribution in [1.82, 2.24) is 20.1 Å². The standard InChI is InChI=1S/C15H20N4O2/c1-4-13(19-7-5-6-18-19)15(21)17-9-12-11(3)14(20)10(2)8-16-12/h5-8,13H,4,9H2,1-3H3,(H,16,20)(H,17,21)/t13-/m1/s1. The van der Waals surface area contributed by atoms with Gasteiger partial charge >= 0.3 is 0 Å². The second kappa shape index (κ2) is 6.39. The predicted molar refractivity (Wildman–Crippen MR) is 79.9 cm³/mol. The summed E-state index contributed by atoms with van der Waals surface area (Å²) < 4.78 is 1.64. The molecule has 112 valence electrons. The van der Waals surface area contributed by atoms with Gasteiger partial charge in [-0.2, -0.15) is 5.10 Å². The lowest BCUT2D eigenvalue weighted by atomic mass is 10.1. The summed E-state index contributed by atoms with van der Waals surface area (Å²) in [5.41, 5.74) is 2.05. The first-order chi connectivity index (χ1) is 10.0. The first kappa shape index (κ1) is 15.0. The summed E-state index contributed by atoms with van der Waals surface area (Å²) >= 11 is 0. The van der Waals surface area contributed by atoms with Crippen molar-refractivity contribution in [2.75, 3.05) is 0 Å². The normalized spacial score (nSPS) is 12.1. The van der Waals surface area contributed by atoms with Gasteiger partial charge < -0.3 is 10.3 Å². The van der Waals surface area contributed by atoms with Crippen LogP contribution in [0.3, 0.4) is 0 Å². The minimum absolute atomic E-state index is 0.0112. The first-order valence-electron chi connectivity index (χ1n) is 6.99. The van der Waals surface area contributed by atoms with Gasteiger partial charge in [-0.3, -0.25) is 14.3 Å². The van der Waals surface area contributed by atoms with E-state index in [2.05, 4.69) is 15.4 Å². The maximum absolute atomic E-state index is 12.2. The van der Waals surface area contributed by atoms with Crippen LogP contribution in [-0.4, -0.2) is 20.7 Å². The largest absolute Gasteiger partial charge is 0.363 e. The SMILES string of the molecule is CC[C@H](C(=O)NCc1[nH]cc(C)c(=O)c1C)n1cccn1. The molecule has 0 spiro atoms. The Labute approximate surface area is 123 Å². The van der Waals surface area contributed by atoms with E-state index in [1.54, 1.807) is 43.2 Å². The molecular weight excluding hydrogens is 268 g/mol. The fourth-order valence-electron chi connectivity index (χ4n) is 2.24. The number of hydrogen-bond acceptors (Lipinski definition) is 3.